The third-order valence-electron chi connectivity index (χ3n) is 4.54. The van der Waals surface area contributed by atoms with Crippen LogP contribution in [0.1, 0.15) is 38.5 Å². The maximum absolute atomic E-state index is 6.24. The highest BCUT2D eigenvalue weighted by Gasteiger charge is 2.34. The van der Waals surface area contributed by atoms with Crippen molar-refractivity contribution in [2.45, 2.75) is 44.6 Å². The van der Waals surface area contributed by atoms with Gasteiger partial charge in [0, 0.05) is 12.6 Å². The second-order valence-electron chi connectivity index (χ2n) is 5.75. The van der Waals surface area contributed by atoms with Crippen LogP contribution in [0.4, 0.5) is 5.69 Å². The van der Waals surface area contributed by atoms with Crippen LogP contribution in [0.25, 0.3) is 0 Å². The Morgan fingerprint density at radius 2 is 1.79 bits per heavy atom. The molecular weight excluding hydrogens is 234 g/mol. The van der Waals surface area contributed by atoms with Crippen molar-refractivity contribution in [3.8, 4) is 0 Å². The summed E-state index contributed by atoms with van der Waals surface area (Å²) in [5.41, 5.74) is 7.20. The molecule has 1 atom stereocenters. The molecule has 2 N–H and O–H groups in total. The van der Waals surface area contributed by atoms with Crippen LogP contribution in [0.5, 0.6) is 0 Å². The maximum Gasteiger partial charge on any atom is 0.196 e. The zero-order valence-corrected chi connectivity index (χ0v) is 11.5. The summed E-state index contributed by atoms with van der Waals surface area (Å²) in [5, 5.41) is 0. The molecular formula is C16H23N3. The minimum absolute atomic E-state index is 0.634. The third kappa shape index (κ3) is 2.75. The van der Waals surface area contributed by atoms with Crippen molar-refractivity contribution in [2.24, 2.45) is 16.6 Å². The number of rotatable bonds is 2. The van der Waals surface area contributed by atoms with Gasteiger partial charge < -0.3 is 10.6 Å². The number of benzene rings is 1. The third-order valence-corrected chi connectivity index (χ3v) is 4.54. The van der Waals surface area contributed by atoms with Crippen molar-refractivity contribution < 1.29 is 0 Å². The number of hydrogen-bond acceptors (Lipinski definition) is 1. The first-order valence-electron chi connectivity index (χ1n) is 7.50. The molecule has 2 aliphatic rings. The van der Waals surface area contributed by atoms with Gasteiger partial charge in [-0.05, 0) is 43.7 Å². The van der Waals surface area contributed by atoms with Gasteiger partial charge in [-0.1, -0.05) is 31.0 Å². The number of nitrogens with two attached hydrogens (primary N) is 1. The summed E-state index contributed by atoms with van der Waals surface area (Å²) in [4.78, 5) is 6.93. The highest BCUT2D eigenvalue weighted by atomic mass is 15.3. The van der Waals surface area contributed by atoms with Crippen LogP contribution in [0.3, 0.4) is 0 Å². The SMILES string of the molecule is NC(=Nc1ccccc1)N1CCCC1C1CCCC1. The highest BCUT2D eigenvalue weighted by molar-refractivity contribution is 5.81. The predicted octanol–water partition coefficient (Wildman–Crippen LogP) is 3.29. The molecule has 3 rings (SSSR count). The minimum atomic E-state index is 0.634. The molecule has 2 fully saturated rings. The standard InChI is InChI=1S/C16H23N3/c17-16(18-14-9-2-1-3-10-14)19-12-6-11-15(19)13-7-4-5-8-13/h1-3,9-10,13,15H,4-8,11-12H2,(H2,17,18). The first kappa shape index (κ1) is 12.5. The van der Waals surface area contributed by atoms with Gasteiger partial charge in [0.25, 0.3) is 0 Å². The van der Waals surface area contributed by atoms with Crippen LogP contribution >= 0.6 is 0 Å². The average molecular weight is 257 g/mol. The van der Waals surface area contributed by atoms with E-state index in [-0.39, 0.29) is 0 Å². The van der Waals surface area contributed by atoms with E-state index in [0.717, 1.165) is 18.2 Å². The number of aliphatic imine (C=N–C) groups is 1. The molecule has 0 amide bonds. The molecule has 3 heteroatoms. The lowest BCUT2D eigenvalue weighted by molar-refractivity contribution is 0.278. The van der Waals surface area contributed by atoms with Gasteiger partial charge in [-0.15, -0.1) is 0 Å². The monoisotopic (exact) mass is 257 g/mol. The van der Waals surface area contributed by atoms with Crippen molar-refractivity contribution in [3.63, 3.8) is 0 Å². The molecule has 1 heterocycles. The fraction of sp³-hybridized carbons (Fsp3) is 0.562. The molecule has 0 aromatic heterocycles. The van der Waals surface area contributed by atoms with Gasteiger partial charge >= 0.3 is 0 Å². The lowest BCUT2D eigenvalue weighted by Crippen LogP contribution is -2.43. The van der Waals surface area contributed by atoms with Gasteiger partial charge in [0.1, 0.15) is 0 Å². The van der Waals surface area contributed by atoms with E-state index in [9.17, 15) is 0 Å². The maximum atomic E-state index is 6.24. The molecule has 1 aliphatic carbocycles. The van der Waals surface area contributed by atoms with Crippen molar-refractivity contribution in [3.05, 3.63) is 30.3 Å². The second-order valence-corrected chi connectivity index (χ2v) is 5.75. The Bertz CT molecular complexity index is 435. The quantitative estimate of drug-likeness (QED) is 0.652. The number of nitrogens with zero attached hydrogens (tertiary/aromatic N) is 2. The van der Waals surface area contributed by atoms with Gasteiger partial charge in [-0.2, -0.15) is 0 Å². The predicted molar refractivity (Wildman–Crippen MR) is 79.4 cm³/mol. The van der Waals surface area contributed by atoms with Crippen molar-refractivity contribution in [1.29, 1.82) is 0 Å². The van der Waals surface area contributed by atoms with E-state index in [0.29, 0.717) is 12.0 Å². The van der Waals surface area contributed by atoms with Gasteiger partial charge in [-0.25, -0.2) is 4.99 Å². The smallest absolute Gasteiger partial charge is 0.196 e. The van der Waals surface area contributed by atoms with Crippen LogP contribution in [0, 0.1) is 5.92 Å². The van der Waals surface area contributed by atoms with Crippen LogP contribution in [0.15, 0.2) is 35.3 Å². The van der Waals surface area contributed by atoms with E-state index in [1.165, 1.54) is 38.5 Å². The summed E-state index contributed by atoms with van der Waals surface area (Å²) in [6.45, 7) is 1.07. The number of guanidine groups is 1. The molecule has 19 heavy (non-hydrogen) atoms. The van der Waals surface area contributed by atoms with Crippen LogP contribution in [-0.4, -0.2) is 23.4 Å². The van der Waals surface area contributed by atoms with E-state index < -0.39 is 0 Å². The van der Waals surface area contributed by atoms with Crippen LogP contribution < -0.4 is 5.73 Å². The summed E-state index contributed by atoms with van der Waals surface area (Å²) in [6.07, 6.45) is 8.08. The van der Waals surface area contributed by atoms with Gasteiger partial charge in [-0.3, -0.25) is 0 Å². The largest absolute Gasteiger partial charge is 0.369 e. The number of likely N-dealkylation sites (tertiary alicyclic amines) is 1. The van der Waals surface area contributed by atoms with E-state index in [4.69, 9.17) is 5.73 Å². The summed E-state index contributed by atoms with van der Waals surface area (Å²) < 4.78 is 0. The van der Waals surface area contributed by atoms with E-state index in [1.807, 2.05) is 30.3 Å². The molecule has 1 aliphatic heterocycles. The molecule has 1 aromatic rings. The van der Waals surface area contributed by atoms with Crippen molar-refractivity contribution in [1.82, 2.24) is 4.90 Å². The Hall–Kier alpha value is -1.51. The Balaban J connectivity index is 1.74. The first-order chi connectivity index (χ1) is 9.34. The molecule has 1 unspecified atom stereocenters. The summed E-state index contributed by atoms with van der Waals surface area (Å²) >= 11 is 0. The topological polar surface area (TPSA) is 41.6 Å². The Morgan fingerprint density at radius 1 is 1.05 bits per heavy atom. The van der Waals surface area contributed by atoms with E-state index in [2.05, 4.69) is 9.89 Å². The van der Waals surface area contributed by atoms with Gasteiger partial charge in [0.15, 0.2) is 5.96 Å². The van der Waals surface area contributed by atoms with Crippen LogP contribution in [-0.2, 0) is 0 Å². The average Bonchev–Trinajstić information content (AvgIpc) is 3.10. The number of hydrogen-bond donors (Lipinski definition) is 1. The molecule has 1 aromatic carbocycles. The fourth-order valence-corrected chi connectivity index (χ4v) is 3.61. The minimum Gasteiger partial charge on any atom is -0.369 e. The summed E-state index contributed by atoms with van der Waals surface area (Å²) in [7, 11) is 0. The van der Waals surface area contributed by atoms with E-state index >= 15 is 0 Å². The lowest BCUT2D eigenvalue weighted by atomic mass is 9.96. The Kier molecular flexibility index (Phi) is 3.72. The Morgan fingerprint density at radius 3 is 2.53 bits per heavy atom. The van der Waals surface area contributed by atoms with E-state index in [1.54, 1.807) is 0 Å². The fourth-order valence-electron chi connectivity index (χ4n) is 3.61. The van der Waals surface area contributed by atoms with Crippen LogP contribution in [0.2, 0.25) is 0 Å². The molecule has 102 valence electrons. The number of para-hydroxylation sites is 1. The first-order valence-corrected chi connectivity index (χ1v) is 7.50. The van der Waals surface area contributed by atoms with Gasteiger partial charge in [0.05, 0.1) is 5.69 Å². The summed E-state index contributed by atoms with van der Waals surface area (Å²) in [5.74, 6) is 1.55. The van der Waals surface area contributed by atoms with Crippen molar-refractivity contribution >= 4 is 11.6 Å². The molecule has 1 saturated heterocycles. The van der Waals surface area contributed by atoms with Gasteiger partial charge in [0.2, 0.25) is 0 Å². The summed E-state index contributed by atoms with van der Waals surface area (Å²) in [6, 6.07) is 10.7. The zero-order chi connectivity index (χ0) is 13.1. The molecule has 1 saturated carbocycles. The molecule has 3 nitrogen and oxygen atoms in total. The zero-order valence-electron chi connectivity index (χ0n) is 11.5. The van der Waals surface area contributed by atoms with Crippen molar-refractivity contribution in [2.75, 3.05) is 6.54 Å². The highest BCUT2D eigenvalue weighted by Crippen LogP contribution is 2.35. The molecule has 0 bridgehead atoms. The Labute approximate surface area is 115 Å². The lowest BCUT2D eigenvalue weighted by Gasteiger charge is -2.30. The second kappa shape index (κ2) is 5.64. The molecule has 0 radical (unpaired) electrons. The normalized spacial score (nSPS) is 25.2. The molecule has 0 spiro atoms.